The molecule has 0 radical (unpaired) electrons. The fourth-order valence-corrected chi connectivity index (χ4v) is 3.38. The van der Waals surface area contributed by atoms with Crippen LogP contribution in [0.4, 0.5) is 0 Å². The lowest BCUT2D eigenvalue weighted by Gasteiger charge is -2.35. The van der Waals surface area contributed by atoms with Crippen LogP contribution in [0.5, 0.6) is 0 Å². The molecule has 88 valence electrons. The van der Waals surface area contributed by atoms with Crippen LogP contribution in [-0.4, -0.2) is 27.7 Å². The molecule has 0 aliphatic carbocycles. The summed E-state index contributed by atoms with van der Waals surface area (Å²) < 4.78 is 0. The average Bonchev–Trinajstić information content (AvgIpc) is 2.27. The molecule has 4 heteroatoms. The summed E-state index contributed by atoms with van der Waals surface area (Å²) in [5, 5.41) is 11.5. The zero-order valence-electron chi connectivity index (χ0n) is 9.94. The highest BCUT2D eigenvalue weighted by Gasteiger charge is 2.27. The Balaban J connectivity index is 1.82. The molecule has 1 atom stereocenters. The molecule has 1 fully saturated rings. The van der Waals surface area contributed by atoms with E-state index in [1.807, 2.05) is 23.9 Å². The van der Waals surface area contributed by atoms with E-state index in [9.17, 15) is 0 Å². The lowest BCUT2D eigenvalue weighted by atomic mass is 9.88. The van der Waals surface area contributed by atoms with Gasteiger partial charge >= 0.3 is 0 Å². The molecule has 16 heavy (non-hydrogen) atoms. The van der Waals surface area contributed by atoms with Crippen LogP contribution in [-0.2, 0) is 6.54 Å². The maximum absolute atomic E-state index is 4.08. The Labute approximate surface area is 101 Å². The molecule has 2 rings (SSSR count). The highest BCUT2D eigenvalue weighted by molar-refractivity contribution is 7.99. The van der Waals surface area contributed by atoms with Crippen molar-refractivity contribution in [2.75, 3.05) is 11.5 Å². The van der Waals surface area contributed by atoms with Crippen molar-refractivity contribution in [3.63, 3.8) is 0 Å². The molecule has 1 saturated heterocycles. The maximum Gasteiger partial charge on any atom is 0.0769 e. The van der Waals surface area contributed by atoms with Crippen molar-refractivity contribution >= 4 is 11.8 Å². The van der Waals surface area contributed by atoms with Crippen molar-refractivity contribution in [3.05, 3.63) is 24.0 Å². The van der Waals surface area contributed by atoms with Gasteiger partial charge in [0.1, 0.15) is 0 Å². The van der Waals surface area contributed by atoms with Crippen LogP contribution >= 0.6 is 11.8 Å². The van der Waals surface area contributed by atoms with Crippen molar-refractivity contribution in [3.8, 4) is 0 Å². The van der Waals surface area contributed by atoms with Crippen LogP contribution in [0.1, 0.15) is 26.0 Å². The average molecular weight is 237 g/mol. The third kappa shape index (κ3) is 3.46. The van der Waals surface area contributed by atoms with E-state index in [-0.39, 0.29) is 0 Å². The molecule has 1 N–H and O–H groups in total. The summed E-state index contributed by atoms with van der Waals surface area (Å²) >= 11 is 2.05. The molecule has 0 spiro atoms. The number of rotatable bonds is 3. The van der Waals surface area contributed by atoms with Crippen LogP contribution in [0, 0.1) is 5.41 Å². The molecule has 1 aliphatic rings. The van der Waals surface area contributed by atoms with Gasteiger partial charge in [-0.1, -0.05) is 13.8 Å². The van der Waals surface area contributed by atoms with Gasteiger partial charge in [0.05, 0.1) is 5.69 Å². The summed E-state index contributed by atoms with van der Waals surface area (Å²) in [5.74, 6) is 2.49. The second-order valence-electron chi connectivity index (χ2n) is 5.18. The van der Waals surface area contributed by atoms with Crippen molar-refractivity contribution in [2.45, 2.75) is 32.9 Å². The van der Waals surface area contributed by atoms with Gasteiger partial charge in [0.15, 0.2) is 0 Å². The quantitative estimate of drug-likeness (QED) is 0.873. The predicted octanol–water partition coefficient (Wildman–Crippen LogP) is 2.10. The maximum atomic E-state index is 4.08. The van der Waals surface area contributed by atoms with Gasteiger partial charge in [0, 0.05) is 24.5 Å². The number of aromatic nitrogens is 2. The van der Waals surface area contributed by atoms with Gasteiger partial charge in [0.2, 0.25) is 0 Å². The second-order valence-corrected chi connectivity index (χ2v) is 6.21. The van der Waals surface area contributed by atoms with Crippen molar-refractivity contribution in [2.24, 2.45) is 5.41 Å². The standard InChI is InChI=1S/C12H19N3S/c1-12(2)6-11(8-16-9-12)13-7-10-4-3-5-14-15-10/h3-5,11,13H,6-9H2,1-2H3. The van der Waals surface area contributed by atoms with Gasteiger partial charge in [-0.2, -0.15) is 22.0 Å². The zero-order chi connectivity index (χ0) is 11.4. The van der Waals surface area contributed by atoms with E-state index in [0.29, 0.717) is 11.5 Å². The van der Waals surface area contributed by atoms with E-state index in [1.54, 1.807) is 6.20 Å². The van der Waals surface area contributed by atoms with Crippen molar-refractivity contribution < 1.29 is 0 Å². The Bertz CT molecular complexity index is 326. The van der Waals surface area contributed by atoms with Gasteiger partial charge in [-0.05, 0) is 29.7 Å². The molecule has 0 aromatic carbocycles. The molecule has 1 aliphatic heterocycles. The SMILES string of the molecule is CC1(C)CSCC(NCc2cccnn2)C1. The Morgan fingerprint density at radius 3 is 3.12 bits per heavy atom. The fraction of sp³-hybridized carbons (Fsp3) is 0.667. The molecule has 3 nitrogen and oxygen atoms in total. The molecule has 2 heterocycles. The van der Waals surface area contributed by atoms with Crippen molar-refractivity contribution in [1.29, 1.82) is 0 Å². The summed E-state index contributed by atoms with van der Waals surface area (Å²) in [6, 6.07) is 4.56. The highest BCUT2D eigenvalue weighted by atomic mass is 32.2. The lowest BCUT2D eigenvalue weighted by molar-refractivity contribution is 0.316. The first-order valence-electron chi connectivity index (χ1n) is 5.73. The molecule has 1 unspecified atom stereocenters. The first-order valence-corrected chi connectivity index (χ1v) is 6.89. The Hall–Kier alpha value is -0.610. The van der Waals surface area contributed by atoms with Crippen LogP contribution in [0.3, 0.4) is 0 Å². The Morgan fingerprint density at radius 1 is 1.56 bits per heavy atom. The number of hydrogen-bond acceptors (Lipinski definition) is 4. The molecular formula is C12H19N3S. The summed E-state index contributed by atoms with van der Waals surface area (Å²) in [7, 11) is 0. The Morgan fingerprint density at radius 2 is 2.44 bits per heavy atom. The number of nitrogens with one attached hydrogen (secondary N) is 1. The van der Waals surface area contributed by atoms with Gasteiger partial charge in [-0.3, -0.25) is 0 Å². The summed E-state index contributed by atoms with van der Waals surface area (Å²) in [6.45, 7) is 5.52. The number of thioether (sulfide) groups is 1. The van der Waals surface area contributed by atoms with E-state index < -0.39 is 0 Å². The topological polar surface area (TPSA) is 37.8 Å². The fourth-order valence-electron chi connectivity index (χ4n) is 2.07. The first kappa shape index (κ1) is 11.9. The minimum Gasteiger partial charge on any atom is -0.307 e. The predicted molar refractivity (Wildman–Crippen MR) is 68.4 cm³/mol. The molecule has 1 aromatic rings. The van der Waals surface area contributed by atoms with Gasteiger partial charge in [-0.25, -0.2) is 0 Å². The Kier molecular flexibility index (Phi) is 3.82. The summed E-state index contributed by atoms with van der Waals surface area (Å²) in [5.41, 5.74) is 1.49. The van der Waals surface area contributed by atoms with Gasteiger partial charge in [0.25, 0.3) is 0 Å². The van der Waals surface area contributed by atoms with E-state index in [4.69, 9.17) is 0 Å². The monoisotopic (exact) mass is 237 g/mol. The van der Waals surface area contributed by atoms with E-state index in [2.05, 4.69) is 29.4 Å². The zero-order valence-corrected chi connectivity index (χ0v) is 10.8. The molecule has 0 bridgehead atoms. The van der Waals surface area contributed by atoms with Crippen LogP contribution < -0.4 is 5.32 Å². The largest absolute Gasteiger partial charge is 0.307 e. The molecular weight excluding hydrogens is 218 g/mol. The third-order valence-corrected chi connectivity index (χ3v) is 4.43. The normalized spacial score (nSPS) is 24.2. The van der Waals surface area contributed by atoms with Gasteiger partial charge in [-0.15, -0.1) is 0 Å². The lowest BCUT2D eigenvalue weighted by Crippen LogP contribution is -2.40. The van der Waals surface area contributed by atoms with Gasteiger partial charge < -0.3 is 5.32 Å². The third-order valence-electron chi connectivity index (χ3n) is 2.81. The molecule has 0 saturated carbocycles. The number of nitrogens with zero attached hydrogens (tertiary/aromatic N) is 2. The summed E-state index contributed by atoms with van der Waals surface area (Å²) in [6.07, 6.45) is 2.96. The minimum absolute atomic E-state index is 0.461. The number of hydrogen-bond donors (Lipinski definition) is 1. The molecule has 0 amide bonds. The smallest absolute Gasteiger partial charge is 0.0769 e. The summed E-state index contributed by atoms with van der Waals surface area (Å²) in [4.78, 5) is 0. The van der Waals surface area contributed by atoms with Crippen LogP contribution in [0.15, 0.2) is 18.3 Å². The van der Waals surface area contributed by atoms with E-state index in [1.165, 1.54) is 17.9 Å². The highest BCUT2D eigenvalue weighted by Crippen LogP contribution is 2.33. The van der Waals surface area contributed by atoms with Crippen molar-refractivity contribution in [1.82, 2.24) is 15.5 Å². The van der Waals surface area contributed by atoms with E-state index in [0.717, 1.165) is 12.2 Å². The minimum atomic E-state index is 0.461. The van der Waals surface area contributed by atoms with E-state index >= 15 is 0 Å². The van der Waals surface area contributed by atoms with Crippen LogP contribution in [0.2, 0.25) is 0 Å². The second kappa shape index (κ2) is 5.15. The molecule has 1 aromatic heterocycles. The van der Waals surface area contributed by atoms with Crippen LogP contribution in [0.25, 0.3) is 0 Å². The first-order chi connectivity index (χ1) is 7.66.